The lowest BCUT2D eigenvalue weighted by Gasteiger charge is -2.24. The first-order valence-electron chi connectivity index (χ1n) is 9.46. The number of carbonyl (C=O) groups excluding carboxylic acids is 1. The number of benzene rings is 1. The highest BCUT2D eigenvalue weighted by molar-refractivity contribution is 5.82. The van der Waals surface area contributed by atoms with Gasteiger partial charge in [0.15, 0.2) is 0 Å². The number of rotatable bonds is 7. The van der Waals surface area contributed by atoms with Crippen molar-refractivity contribution in [3.63, 3.8) is 0 Å². The Kier molecular flexibility index (Phi) is 6.27. The van der Waals surface area contributed by atoms with Gasteiger partial charge in [0.05, 0.1) is 12.6 Å². The number of fused-ring (bicyclic) bond motifs is 1. The average molecular weight is 330 g/mol. The van der Waals surface area contributed by atoms with E-state index < -0.39 is 0 Å². The normalized spacial score (nSPS) is 26.1. The maximum absolute atomic E-state index is 12.5. The quantitative estimate of drug-likeness (QED) is 0.755. The van der Waals surface area contributed by atoms with E-state index in [1.807, 2.05) is 12.1 Å². The third-order valence-corrected chi connectivity index (χ3v) is 5.36. The summed E-state index contributed by atoms with van der Waals surface area (Å²) in [7, 11) is 0. The van der Waals surface area contributed by atoms with E-state index in [-0.39, 0.29) is 11.9 Å². The molecule has 2 aliphatic rings. The predicted molar refractivity (Wildman–Crippen MR) is 95.5 cm³/mol. The highest BCUT2D eigenvalue weighted by Crippen LogP contribution is 2.33. The molecule has 0 aromatic heterocycles. The lowest BCUT2D eigenvalue weighted by molar-refractivity contribution is -0.123. The third kappa shape index (κ3) is 4.37. The smallest absolute Gasteiger partial charge is 0.237 e. The molecule has 0 spiro atoms. The van der Waals surface area contributed by atoms with Gasteiger partial charge in [-0.1, -0.05) is 44.0 Å². The van der Waals surface area contributed by atoms with Crippen LogP contribution in [0, 0.1) is 5.92 Å². The van der Waals surface area contributed by atoms with Gasteiger partial charge >= 0.3 is 0 Å². The Morgan fingerprint density at radius 1 is 1.25 bits per heavy atom. The molecular formula is C20H30N2O2. The zero-order valence-electron chi connectivity index (χ0n) is 14.7. The molecule has 1 aliphatic heterocycles. The number of nitrogens with one attached hydrogen (secondary N) is 2. The van der Waals surface area contributed by atoms with Gasteiger partial charge in [0.2, 0.25) is 5.91 Å². The molecule has 1 aromatic carbocycles. The van der Waals surface area contributed by atoms with Crippen molar-refractivity contribution < 1.29 is 9.53 Å². The van der Waals surface area contributed by atoms with Gasteiger partial charge in [-0.15, -0.1) is 0 Å². The molecule has 24 heavy (non-hydrogen) atoms. The number of carbonyl (C=O) groups is 1. The van der Waals surface area contributed by atoms with E-state index in [9.17, 15) is 4.79 Å². The average Bonchev–Trinajstić information content (AvgIpc) is 3.05. The number of hydrogen-bond donors (Lipinski definition) is 2. The maximum atomic E-state index is 12.5. The lowest BCUT2D eigenvalue weighted by atomic mass is 9.85. The standard InChI is InChI=1S/C20H30N2O2/c1-2-11-24-14-17-9-4-3-8-16(17)13-21-20(23)19-12-15-7-5-6-10-18(15)22-19/h3-4,8-9,15,18-19,22H,2,5-7,10-14H2,1H3,(H,21,23). The Hall–Kier alpha value is -1.39. The van der Waals surface area contributed by atoms with E-state index in [1.54, 1.807) is 0 Å². The molecule has 132 valence electrons. The molecule has 3 unspecified atom stereocenters. The minimum atomic E-state index is -0.0124. The molecule has 1 aromatic rings. The highest BCUT2D eigenvalue weighted by Gasteiger charge is 2.37. The summed E-state index contributed by atoms with van der Waals surface area (Å²) >= 11 is 0. The first kappa shape index (κ1) is 17.4. The number of amides is 1. The molecular weight excluding hydrogens is 300 g/mol. The molecule has 1 amide bonds. The Morgan fingerprint density at radius 2 is 2.04 bits per heavy atom. The predicted octanol–water partition coefficient (Wildman–Crippen LogP) is 3.15. The molecule has 0 bridgehead atoms. The van der Waals surface area contributed by atoms with E-state index in [2.05, 4.69) is 29.7 Å². The van der Waals surface area contributed by atoms with Crippen LogP contribution in [0.1, 0.15) is 56.6 Å². The fraction of sp³-hybridized carbons (Fsp3) is 0.650. The summed E-state index contributed by atoms with van der Waals surface area (Å²) in [6, 6.07) is 8.75. The summed E-state index contributed by atoms with van der Waals surface area (Å²) in [5, 5.41) is 6.67. The van der Waals surface area contributed by atoms with Crippen molar-refractivity contribution in [3.8, 4) is 0 Å². The van der Waals surface area contributed by atoms with Crippen LogP contribution in [-0.4, -0.2) is 24.6 Å². The van der Waals surface area contributed by atoms with Crippen LogP contribution in [0.15, 0.2) is 24.3 Å². The molecule has 1 heterocycles. The lowest BCUT2D eigenvalue weighted by Crippen LogP contribution is -2.43. The Morgan fingerprint density at radius 3 is 2.83 bits per heavy atom. The fourth-order valence-corrected chi connectivity index (χ4v) is 4.02. The Bertz CT molecular complexity index is 532. The van der Waals surface area contributed by atoms with Crippen molar-refractivity contribution in [2.24, 2.45) is 5.92 Å². The summed E-state index contributed by atoms with van der Waals surface area (Å²) in [5.41, 5.74) is 2.32. The summed E-state index contributed by atoms with van der Waals surface area (Å²) in [6.07, 6.45) is 7.15. The van der Waals surface area contributed by atoms with Crippen LogP contribution in [0.4, 0.5) is 0 Å². The molecule has 4 nitrogen and oxygen atoms in total. The topological polar surface area (TPSA) is 50.4 Å². The summed E-state index contributed by atoms with van der Waals surface area (Å²) in [5.74, 6) is 0.845. The second-order valence-corrected chi connectivity index (χ2v) is 7.15. The van der Waals surface area contributed by atoms with Crippen molar-refractivity contribution in [2.75, 3.05) is 6.61 Å². The van der Waals surface area contributed by atoms with Crippen LogP contribution in [0.25, 0.3) is 0 Å². The van der Waals surface area contributed by atoms with Crippen molar-refractivity contribution in [3.05, 3.63) is 35.4 Å². The molecule has 1 saturated carbocycles. The summed E-state index contributed by atoms with van der Waals surface area (Å²) in [6.45, 7) is 4.08. The molecule has 0 radical (unpaired) electrons. The second-order valence-electron chi connectivity index (χ2n) is 7.15. The van der Waals surface area contributed by atoms with Crippen molar-refractivity contribution >= 4 is 5.91 Å². The second kappa shape index (κ2) is 8.63. The van der Waals surface area contributed by atoms with Gasteiger partial charge in [0, 0.05) is 19.2 Å². The molecule has 2 fully saturated rings. The third-order valence-electron chi connectivity index (χ3n) is 5.36. The van der Waals surface area contributed by atoms with E-state index in [4.69, 9.17) is 4.74 Å². The van der Waals surface area contributed by atoms with E-state index in [0.717, 1.165) is 25.0 Å². The van der Waals surface area contributed by atoms with Crippen LogP contribution in [0.2, 0.25) is 0 Å². The van der Waals surface area contributed by atoms with Crippen molar-refractivity contribution in [1.29, 1.82) is 0 Å². The van der Waals surface area contributed by atoms with Gasteiger partial charge in [-0.3, -0.25) is 4.79 Å². The highest BCUT2D eigenvalue weighted by atomic mass is 16.5. The first-order chi connectivity index (χ1) is 11.8. The van der Waals surface area contributed by atoms with Gasteiger partial charge in [0.1, 0.15) is 0 Å². The van der Waals surface area contributed by atoms with Crippen molar-refractivity contribution in [2.45, 2.75) is 70.7 Å². The van der Waals surface area contributed by atoms with Crippen LogP contribution in [-0.2, 0) is 22.7 Å². The van der Waals surface area contributed by atoms with Crippen LogP contribution in [0.3, 0.4) is 0 Å². The van der Waals surface area contributed by atoms with Gasteiger partial charge in [-0.2, -0.15) is 0 Å². The van der Waals surface area contributed by atoms with Crippen LogP contribution >= 0.6 is 0 Å². The SMILES string of the molecule is CCCOCc1ccccc1CNC(=O)C1CC2CCCCC2N1. The Labute approximate surface area is 145 Å². The van der Waals surface area contributed by atoms with Crippen LogP contribution in [0.5, 0.6) is 0 Å². The maximum Gasteiger partial charge on any atom is 0.237 e. The number of hydrogen-bond acceptors (Lipinski definition) is 3. The molecule has 1 aliphatic carbocycles. The number of ether oxygens (including phenoxy) is 1. The van der Waals surface area contributed by atoms with E-state index in [1.165, 1.54) is 31.2 Å². The van der Waals surface area contributed by atoms with Gasteiger partial charge in [-0.25, -0.2) is 0 Å². The molecule has 3 rings (SSSR count). The van der Waals surface area contributed by atoms with Gasteiger partial charge in [-0.05, 0) is 42.7 Å². The Balaban J connectivity index is 1.51. The molecule has 3 atom stereocenters. The molecule has 2 N–H and O–H groups in total. The first-order valence-corrected chi connectivity index (χ1v) is 9.46. The van der Waals surface area contributed by atoms with E-state index in [0.29, 0.717) is 25.1 Å². The summed E-state index contributed by atoms with van der Waals surface area (Å²) < 4.78 is 5.66. The molecule has 1 saturated heterocycles. The van der Waals surface area contributed by atoms with Gasteiger partial charge in [0.25, 0.3) is 0 Å². The largest absolute Gasteiger partial charge is 0.377 e. The van der Waals surface area contributed by atoms with E-state index >= 15 is 0 Å². The van der Waals surface area contributed by atoms with Crippen molar-refractivity contribution in [1.82, 2.24) is 10.6 Å². The fourth-order valence-electron chi connectivity index (χ4n) is 4.02. The zero-order valence-corrected chi connectivity index (χ0v) is 14.7. The van der Waals surface area contributed by atoms with Gasteiger partial charge < -0.3 is 15.4 Å². The summed E-state index contributed by atoms with van der Waals surface area (Å²) in [4.78, 5) is 12.5. The van der Waals surface area contributed by atoms with Crippen LogP contribution < -0.4 is 10.6 Å². The monoisotopic (exact) mass is 330 g/mol. The zero-order chi connectivity index (χ0) is 16.8. The minimum Gasteiger partial charge on any atom is -0.377 e. The molecule has 4 heteroatoms. The minimum absolute atomic E-state index is 0.0124.